The Morgan fingerprint density at radius 3 is 2.53 bits per heavy atom. The lowest BCUT2D eigenvalue weighted by atomic mass is 10.3. The van der Waals surface area contributed by atoms with Crippen LogP contribution in [0.3, 0.4) is 0 Å². The molecule has 0 bridgehead atoms. The van der Waals surface area contributed by atoms with E-state index in [1.165, 1.54) is 6.33 Å². The van der Waals surface area contributed by atoms with Crippen molar-refractivity contribution in [2.24, 2.45) is 0 Å². The number of nitrogens with two attached hydrogens (primary N) is 1. The molecule has 0 aliphatic rings. The molecule has 17 heavy (non-hydrogen) atoms. The molecule has 0 unspecified atom stereocenters. The molecule has 0 saturated heterocycles. The van der Waals surface area contributed by atoms with Crippen LogP contribution in [0.15, 0.2) is 35.4 Å². The first-order valence-electron chi connectivity index (χ1n) is 4.86. The zero-order valence-electron chi connectivity index (χ0n) is 9.14. The molecule has 0 atom stereocenters. The fourth-order valence-corrected chi connectivity index (χ4v) is 1.23. The Morgan fingerprint density at radius 1 is 1.24 bits per heavy atom. The van der Waals surface area contributed by atoms with Gasteiger partial charge in [-0.2, -0.15) is 0 Å². The first-order valence-corrected chi connectivity index (χ1v) is 4.86. The van der Waals surface area contributed by atoms with Crippen LogP contribution in [0.25, 0.3) is 0 Å². The van der Waals surface area contributed by atoms with Gasteiger partial charge in [0.05, 0.1) is 13.4 Å². The highest BCUT2D eigenvalue weighted by atomic mass is 16.5. The number of hydrogen-bond donors (Lipinski definition) is 2. The molecular formula is C11H11N3O3. The normalized spacial score (nSPS) is 9.94. The number of anilines is 1. The lowest BCUT2D eigenvalue weighted by molar-refractivity contribution is 0.412. The second-order valence-electron chi connectivity index (χ2n) is 3.23. The van der Waals surface area contributed by atoms with Crippen LogP contribution in [0.1, 0.15) is 0 Å². The molecule has 0 radical (unpaired) electrons. The van der Waals surface area contributed by atoms with Crippen molar-refractivity contribution in [3.05, 3.63) is 40.9 Å². The summed E-state index contributed by atoms with van der Waals surface area (Å²) in [6.45, 7) is 0. The molecule has 1 aromatic carbocycles. The van der Waals surface area contributed by atoms with E-state index in [2.05, 4.69) is 9.97 Å². The Hall–Kier alpha value is -2.50. The number of methoxy groups -OCH3 is 1. The lowest BCUT2D eigenvalue weighted by Gasteiger charge is -2.06. The predicted octanol–water partition coefficient (Wildman–Crippen LogP) is 1.15. The van der Waals surface area contributed by atoms with Crippen LogP contribution in [0.5, 0.6) is 17.4 Å². The fraction of sp³-hybridized carbons (Fsp3) is 0.0909. The van der Waals surface area contributed by atoms with Gasteiger partial charge in [-0.15, -0.1) is 0 Å². The Kier molecular flexibility index (Phi) is 2.95. The van der Waals surface area contributed by atoms with E-state index in [-0.39, 0.29) is 11.6 Å². The lowest BCUT2D eigenvalue weighted by Crippen LogP contribution is -2.13. The van der Waals surface area contributed by atoms with Gasteiger partial charge in [-0.1, -0.05) is 0 Å². The third-order valence-electron chi connectivity index (χ3n) is 2.13. The molecule has 88 valence electrons. The number of rotatable bonds is 3. The molecule has 0 saturated carbocycles. The van der Waals surface area contributed by atoms with Gasteiger partial charge in [0.2, 0.25) is 5.88 Å². The van der Waals surface area contributed by atoms with Crippen molar-refractivity contribution in [1.29, 1.82) is 0 Å². The number of ether oxygens (including phenoxy) is 2. The molecule has 2 rings (SSSR count). The summed E-state index contributed by atoms with van der Waals surface area (Å²) in [7, 11) is 1.58. The molecule has 0 fully saturated rings. The van der Waals surface area contributed by atoms with Crippen LogP contribution in [0.2, 0.25) is 0 Å². The summed E-state index contributed by atoms with van der Waals surface area (Å²) in [4.78, 5) is 17.4. The molecule has 6 nitrogen and oxygen atoms in total. The monoisotopic (exact) mass is 233 g/mol. The number of H-pyrrole nitrogens is 1. The zero-order valence-corrected chi connectivity index (χ0v) is 9.14. The van der Waals surface area contributed by atoms with E-state index in [1.54, 1.807) is 31.4 Å². The molecule has 0 aliphatic heterocycles. The van der Waals surface area contributed by atoms with Crippen molar-refractivity contribution in [1.82, 2.24) is 9.97 Å². The quantitative estimate of drug-likeness (QED) is 0.830. The summed E-state index contributed by atoms with van der Waals surface area (Å²) < 4.78 is 10.4. The maximum Gasteiger partial charge on any atom is 0.277 e. The molecule has 3 N–H and O–H groups in total. The van der Waals surface area contributed by atoms with Gasteiger partial charge >= 0.3 is 0 Å². The van der Waals surface area contributed by atoms with Gasteiger partial charge in [0.25, 0.3) is 5.56 Å². The highest BCUT2D eigenvalue weighted by Gasteiger charge is 2.06. The van der Waals surface area contributed by atoms with Crippen LogP contribution >= 0.6 is 0 Å². The number of aromatic nitrogens is 2. The summed E-state index contributed by atoms with van der Waals surface area (Å²) in [5.74, 6) is 1.32. The van der Waals surface area contributed by atoms with E-state index in [1.807, 2.05) is 0 Å². The second kappa shape index (κ2) is 4.56. The first-order chi connectivity index (χ1) is 8.20. The van der Waals surface area contributed by atoms with Crippen LogP contribution < -0.4 is 20.8 Å². The number of nitrogens with one attached hydrogen (secondary N) is 1. The van der Waals surface area contributed by atoms with E-state index < -0.39 is 5.56 Å². The SMILES string of the molecule is COc1ccc(Oc2nc[nH]c(=O)c2N)cc1. The Morgan fingerprint density at radius 2 is 1.88 bits per heavy atom. The van der Waals surface area contributed by atoms with Crippen LogP contribution in [-0.2, 0) is 0 Å². The minimum absolute atomic E-state index is 0.0525. The van der Waals surface area contributed by atoms with Gasteiger partial charge < -0.3 is 20.2 Å². The van der Waals surface area contributed by atoms with E-state index in [4.69, 9.17) is 15.2 Å². The van der Waals surface area contributed by atoms with Gasteiger partial charge in [0.1, 0.15) is 11.5 Å². The van der Waals surface area contributed by atoms with E-state index in [0.717, 1.165) is 0 Å². The van der Waals surface area contributed by atoms with Gasteiger partial charge in [0, 0.05) is 0 Å². The molecule has 0 spiro atoms. The minimum atomic E-state index is -0.427. The van der Waals surface area contributed by atoms with Crippen LogP contribution in [0, 0.1) is 0 Å². The maximum atomic E-state index is 11.2. The summed E-state index contributed by atoms with van der Waals surface area (Å²) in [5, 5.41) is 0. The number of nitrogens with zero attached hydrogens (tertiary/aromatic N) is 1. The molecule has 1 heterocycles. The molecule has 2 aromatic rings. The highest BCUT2D eigenvalue weighted by Crippen LogP contribution is 2.23. The minimum Gasteiger partial charge on any atom is -0.497 e. The number of hydrogen-bond acceptors (Lipinski definition) is 5. The maximum absolute atomic E-state index is 11.2. The van der Waals surface area contributed by atoms with Crippen molar-refractivity contribution >= 4 is 5.69 Å². The van der Waals surface area contributed by atoms with Gasteiger partial charge in [-0.3, -0.25) is 4.79 Å². The van der Waals surface area contributed by atoms with E-state index in [9.17, 15) is 4.79 Å². The summed E-state index contributed by atoms with van der Waals surface area (Å²) in [6, 6.07) is 6.86. The highest BCUT2D eigenvalue weighted by molar-refractivity contribution is 5.47. The van der Waals surface area contributed by atoms with Crippen molar-refractivity contribution in [2.75, 3.05) is 12.8 Å². The number of benzene rings is 1. The Labute approximate surface area is 97.0 Å². The molecule has 1 aromatic heterocycles. The average Bonchev–Trinajstić information content (AvgIpc) is 2.36. The molecule has 0 amide bonds. The third-order valence-corrected chi connectivity index (χ3v) is 2.13. The largest absolute Gasteiger partial charge is 0.497 e. The predicted molar refractivity (Wildman–Crippen MR) is 62.3 cm³/mol. The van der Waals surface area contributed by atoms with Gasteiger partial charge in [0.15, 0.2) is 5.69 Å². The zero-order chi connectivity index (χ0) is 12.3. The van der Waals surface area contributed by atoms with E-state index >= 15 is 0 Å². The summed E-state index contributed by atoms with van der Waals surface area (Å²) in [6.07, 6.45) is 1.23. The van der Waals surface area contributed by atoms with E-state index in [0.29, 0.717) is 11.5 Å². The van der Waals surface area contributed by atoms with Crippen LogP contribution in [-0.4, -0.2) is 17.1 Å². The average molecular weight is 233 g/mol. The topological polar surface area (TPSA) is 90.2 Å². The summed E-state index contributed by atoms with van der Waals surface area (Å²) in [5.41, 5.74) is 5.05. The van der Waals surface area contributed by atoms with Crippen LogP contribution in [0.4, 0.5) is 5.69 Å². The molecule has 0 aliphatic carbocycles. The standard InChI is InChI=1S/C11H11N3O3/c1-16-7-2-4-8(5-3-7)17-11-9(12)10(15)13-6-14-11/h2-6H,12H2,1H3,(H,13,14,15). The van der Waals surface area contributed by atoms with Crippen molar-refractivity contribution in [3.63, 3.8) is 0 Å². The Balaban J connectivity index is 2.25. The smallest absolute Gasteiger partial charge is 0.277 e. The fourth-order valence-electron chi connectivity index (χ4n) is 1.23. The van der Waals surface area contributed by atoms with Gasteiger partial charge in [-0.25, -0.2) is 4.98 Å². The van der Waals surface area contributed by atoms with Crippen molar-refractivity contribution < 1.29 is 9.47 Å². The Bertz CT molecular complexity index is 563. The molecule has 6 heteroatoms. The van der Waals surface area contributed by atoms with Gasteiger partial charge in [-0.05, 0) is 24.3 Å². The van der Waals surface area contributed by atoms with Crippen molar-refractivity contribution in [3.8, 4) is 17.4 Å². The second-order valence-corrected chi connectivity index (χ2v) is 3.23. The number of aromatic amines is 1. The number of nitrogen functional groups attached to an aromatic ring is 1. The molecular weight excluding hydrogens is 222 g/mol. The first kappa shape index (κ1) is 11.0. The third kappa shape index (κ3) is 2.36. The summed E-state index contributed by atoms with van der Waals surface area (Å²) >= 11 is 0. The van der Waals surface area contributed by atoms with Crippen molar-refractivity contribution in [2.45, 2.75) is 0 Å².